The van der Waals surface area contributed by atoms with Gasteiger partial charge in [-0.05, 0) is 58.0 Å². The van der Waals surface area contributed by atoms with Crippen molar-refractivity contribution in [3.8, 4) is 0 Å². The average molecular weight is 456 g/mol. The van der Waals surface area contributed by atoms with E-state index in [0.29, 0.717) is 45.2 Å². The number of hydrogen-bond acceptors (Lipinski definition) is 7. The lowest BCUT2D eigenvalue weighted by molar-refractivity contribution is -0.147. The quantitative estimate of drug-likeness (QED) is 0.188. The number of amides is 3. The predicted octanol–water partition coefficient (Wildman–Crippen LogP) is -1.61. The van der Waals surface area contributed by atoms with Gasteiger partial charge < -0.3 is 36.8 Å². The fourth-order valence-electron chi connectivity index (χ4n) is 4.08. The van der Waals surface area contributed by atoms with Gasteiger partial charge in [-0.3, -0.25) is 19.2 Å². The molecule has 2 aliphatic heterocycles. The second-order valence-electron chi connectivity index (χ2n) is 8.18. The van der Waals surface area contributed by atoms with Crippen LogP contribution in [0.5, 0.6) is 0 Å². The lowest BCUT2D eigenvalue weighted by Crippen LogP contribution is -2.56. The number of rotatable bonds is 12. The van der Waals surface area contributed by atoms with Crippen molar-refractivity contribution < 1.29 is 34.2 Å². The Labute approximate surface area is 186 Å². The van der Waals surface area contributed by atoms with E-state index in [9.17, 15) is 29.1 Å². The molecule has 0 aromatic carbocycles. The number of nitrogens with zero attached hydrogens (tertiary/aromatic N) is 1. The van der Waals surface area contributed by atoms with Crippen LogP contribution in [0.3, 0.4) is 0 Å². The van der Waals surface area contributed by atoms with Crippen LogP contribution in [0.4, 0.5) is 0 Å². The number of carbonyl (C=O) groups is 5. The molecule has 0 bridgehead atoms. The van der Waals surface area contributed by atoms with Crippen LogP contribution in [0.15, 0.2) is 0 Å². The van der Waals surface area contributed by atoms with Crippen LogP contribution in [-0.4, -0.2) is 88.6 Å². The first kappa shape index (κ1) is 25.5. The largest absolute Gasteiger partial charge is 0.481 e. The summed E-state index contributed by atoms with van der Waals surface area (Å²) in [5.74, 6) is -4.24. The Morgan fingerprint density at radius 3 is 2.38 bits per heavy atom. The summed E-state index contributed by atoms with van der Waals surface area (Å²) in [6.45, 7) is 1.60. The van der Waals surface area contributed by atoms with Crippen molar-refractivity contribution in [1.29, 1.82) is 0 Å². The molecule has 2 saturated heterocycles. The van der Waals surface area contributed by atoms with Crippen molar-refractivity contribution >= 4 is 29.7 Å². The van der Waals surface area contributed by atoms with Crippen LogP contribution >= 0.6 is 0 Å². The summed E-state index contributed by atoms with van der Waals surface area (Å²) in [7, 11) is 0. The first-order chi connectivity index (χ1) is 15.2. The van der Waals surface area contributed by atoms with E-state index in [4.69, 9.17) is 10.8 Å². The number of unbranched alkanes of at least 4 members (excludes halogenated alkanes) is 1. The third-order valence-corrected chi connectivity index (χ3v) is 5.77. The summed E-state index contributed by atoms with van der Waals surface area (Å²) in [5.41, 5.74) is 5.50. The summed E-state index contributed by atoms with van der Waals surface area (Å²) in [5, 5.41) is 26.0. The van der Waals surface area contributed by atoms with Crippen LogP contribution in [0.1, 0.15) is 51.4 Å². The van der Waals surface area contributed by atoms with Crippen molar-refractivity contribution in [1.82, 2.24) is 20.9 Å². The minimum absolute atomic E-state index is 0.128. The molecule has 3 amide bonds. The monoisotopic (exact) mass is 455 g/mol. The van der Waals surface area contributed by atoms with Gasteiger partial charge in [0, 0.05) is 6.54 Å². The molecule has 2 fully saturated rings. The highest BCUT2D eigenvalue weighted by Crippen LogP contribution is 2.21. The van der Waals surface area contributed by atoms with E-state index in [-0.39, 0.29) is 18.4 Å². The zero-order chi connectivity index (χ0) is 23.7. The number of carboxylic acid groups (broad SMARTS) is 2. The van der Waals surface area contributed by atoms with E-state index < -0.39 is 48.3 Å². The van der Waals surface area contributed by atoms with Gasteiger partial charge in [-0.1, -0.05) is 0 Å². The van der Waals surface area contributed by atoms with Gasteiger partial charge in [-0.15, -0.1) is 0 Å². The Morgan fingerprint density at radius 1 is 1.03 bits per heavy atom. The molecular formula is C20H33N5O7. The van der Waals surface area contributed by atoms with Gasteiger partial charge in [0.15, 0.2) is 0 Å². The van der Waals surface area contributed by atoms with Crippen molar-refractivity contribution in [2.75, 3.05) is 19.6 Å². The molecule has 0 spiro atoms. The maximum Gasteiger partial charge on any atom is 0.326 e. The number of carboxylic acids is 2. The fourth-order valence-corrected chi connectivity index (χ4v) is 4.08. The van der Waals surface area contributed by atoms with Gasteiger partial charge in [0.1, 0.15) is 18.1 Å². The van der Waals surface area contributed by atoms with Crippen molar-refractivity contribution in [2.45, 2.75) is 75.5 Å². The highest BCUT2D eigenvalue weighted by atomic mass is 16.4. The maximum absolute atomic E-state index is 13.0. The highest BCUT2D eigenvalue weighted by Gasteiger charge is 2.39. The standard InChI is InChI=1S/C20H33N5O7/c21-8-2-1-5-12(17(28)24-14(20(31)32)11-16(26)27)23-18(29)15-7-4-10-25(15)19(30)13-6-3-9-22-13/h12-15,22H,1-11,21H2,(H,23,29)(H,24,28)(H,26,27)(H,31,32). The molecule has 12 heteroatoms. The van der Waals surface area contributed by atoms with E-state index in [1.807, 2.05) is 0 Å². The van der Waals surface area contributed by atoms with E-state index >= 15 is 0 Å². The van der Waals surface area contributed by atoms with Crippen LogP contribution in [0.2, 0.25) is 0 Å². The summed E-state index contributed by atoms with van der Waals surface area (Å²) < 4.78 is 0. The molecule has 0 aromatic heterocycles. The lowest BCUT2D eigenvalue weighted by atomic mass is 10.1. The van der Waals surface area contributed by atoms with Gasteiger partial charge in [0.2, 0.25) is 17.7 Å². The smallest absolute Gasteiger partial charge is 0.326 e. The molecule has 7 N–H and O–H groups in total. The summed E-state index contributed by atoms with van der Waals surface area (Å²) in [4.78, 5) is 62.2. The third-order valence-electron chi connectivity index (χ3n) is 5.77. The number of hydrogen-bond donors (Lipinski definition) is 6. The third kappa shape index (κ3) is 7.16. The number of nitrogens with two attached hydrogens (primary N) is 1. The van der Waals surface area contributed by atoms with Crippen LogP contribution < -0.4 is 21.7 Å². The summed E-state index contributed by atoms with van der Waals surface area (Å²) in [6.07, 6.45) is 3.27. The minimum Gasteiger partial charge on any atom is -0.481 e. The van der Waals surface area contributed by atoms with Crippen LogP contribution in [0.25, 0.3) is 0 Å². The molecule has 32 heavy (non-hydrogen) atoms. The van der Waals surface area contributed by atoms with E-state index in [0.717, 1.165) is 13.0 Å². The Morgan fingerprint density at radius 2 is 1.78 bits per heavy atom. The molecule has 2 rings (SSSR count). The second kappa shape index (κ2) is 12.3. The maximum atomic E-state index is 13.0. The molecule has 0 saturated carbocycles. The zero-order valence-corrected chi connectivity index (χ0v) is 18.0. The molecule has 0 aromatic rings. The Hall–Kier alpha value is -2.73. The molecule has 4 unspecified atom stereocenters. The van der Waals surface area contributed by atoms with Gasteiger partial charge in [-0.25, -0.2) is 4.79 Å². The second-order valence-corrected chi connectivity index (χ2v) is 8.18. The predicted molar refractivity (Wildman–Crippen MR) is 112 cm³/mol. The molecule has 2 aliphatic rings. The Kier molecular flexibility index (Phi) is 9.85. The van der Waals surface area contributed by atoms with Crippen molar-refractivity contribution in [3.63, 3.8) is 0 Å². The van der Waals surface area contributed by atoms with Gasteiger partial charge in [-0.2, -0.15) is 0 Å². The van der Waals surface area contributed by atoms with Gasteiger partial charge in [0.05, 0.1) is 12.5 Å². The number of carbonyl (C=O) groups excluding carboxylic acids is 3. The average Bonchev–Trinajstić information content (AvgIpc) is 3.43. The SMILES string of the molecule is NCCCCC(NC(=O)C1CCCN1C(=O)C1CCCN1)C(=O)NC(CC(=O)O)C(=O)O. The molecule has 2 heterocycles. The molecular weight excluding hydrogens is 422 g/mol. The topological polar surface area (TPSA) is 191 Å². The summed E-state index contributed by atoms with van der Waals surface area (Å²) >= 11 is 0. The molecule has 180 valence electrons. The van der Waals surface area contributed by atoms with Crippen molar-refractivity contribution in [2.24, 2.45) is 5.73 Å². The zero-order valence-electron chi connectivity index (χ0n) is 18.0. The van der Waals surface area contributed by atoms with Crippen LogP contribution in [-0.2, 0) is 24.0 Å². The first-order valence-electron chi connectivity index (χ1n) is 11.0. The van der Waals surface area contributed by atoms with E-state index in [1.165, 1.54) is 4.90 Å². The van der Waals surface area contributed by atoms with E-state index in [1.54, 1.807) is 0 Å². The molecule has 12 nitrogen and oxygen atoms in total. The normalized spacial score (nSPS) is 22.2. The van der Waals surface area contributed by atoms with E-state index in [2.05, 4.69) is 16.0 Å². The number of aliphatic carboxylic acids is 2. The number of likely N-dealkylation sites (tertiary alicyclic amines) is 1. The first-order valence-corrected chi connectivity index (χ1v) is 11.0. The Balaban J connectivity index is 2.06. The minimum atomic E-state index is -1.62. The lowest BCUT2D eigenvalue weighted by Gasteiger charge is -2.28. The van der Waals surface area contributed by atoms with Crippen LogP contribution in [0, 0.1) is 0 Å². The number of nitrogens with one attached hydrogen (secondary N) is 3. The van der Waals surface area contributed by atoms with Gasteiger partial charge >= 0.3 is 11.9 Å². The molecule has 4 atom stereocenters. The fraction of sp³-hybridized carbons (Fsp3) is 0.750. The Bertz CT molecular complexity index is 710. The molecule has 0 aliphatic carbocycles. The molecule has 0 radical (unpaired) electrons. The highest BCUT2D eigenvalue weighted by molar-refractivity contribution is 5.95. The van der Waals surface area contributed by atoms with Crippen molar-refractivity contribution in [3.05, 3.63) is 0 Å². The summed E-state index contributed by atoms with van der Waals surface area (Å²) in [6, 6.07) is -3.69. The van der Waals surface area contributed by atoms with Gasteiger partial charge in [0.25, 0.3) is 0 Å².